The molecule has 2 heteroatoms. The van der Waals surface area contributed by atoms with E-state index in [-0.39, 0.29) is 16.4 Å². The summed E-state index contributed by atoms with van der Waals surface area (Å²) in [6.45, 7) is 10.4. The van der Waals surface area contributed by atoms with Crippen molar-refractivity contribution in [2.24, 2.45) is 5.41 Å². The van der Waals surface area contributed by atoms with Gasteiger partial charge in [0.2, 0.25) is 0 Å². The summed E-state index contributed by atoms with van der Waals surface area (Å²) in [5, 5.41) is 9.51. The number of hydrogen-bond acceptors (Lipinski definition) is 1. The molecule has 0 amide bonds. The van der Waals surface area contributed by atoms with Gasteiger partial charge < -0.3 is 5.11 Å². The molecule has 1 saturated carbocycles. The Morgan fingerprint density at radius 3 is 2.55 bits per heavy atom. The van der Waals surface area contributed by atoms with Gasteiger partial charge in [0.15, 0.2) is 0 Å². The molecule has 1 fully saturated rings. The van der Waals surface area contributed by atoms with Crippen molar-refractivity contribution in [1.82, 2.24) is 0 Å². The molecule has 116 valence electrons. The molecule has 0 radical (unpaired) electrons. The lowest BCUT2D eigenvalue weighted by atomic mass is 9.55. The summed E-state index contributed by atoms with van der Waals surface area (Å²) in [6, 6.07) is 5.53. The van der Waals surface area contributed by atoms with Crippen molar-refractivity contribution in [3.8, 4) is 11.8 Å². The Hall–Kier alpha value is -2.01. The van der Waals surface area contributed by atoms with Crippen LogP contribution in [0.2, 0.25) is 0 Å². The van der Waals surface area contributed by atoms with Crippen molar-refractivity contribution < 1.29 is 9.90 Å². The van der Waals surface area contributed by atoms with E-state index in [0.29, 0.717) is 5.56 Å². The third-order valence-electron chi connectivity index (χ3n) is 5.41. The second-order valence-corrected chi connectivity index (χ2v) is 6.93. The molecule has 0 saturated heterocycles. The fourth-order valence-corrected chi connectivity index (χ4v) is 3.61. The zero-order valence-corrected chi connectivity index (χ0v) is 13.7. The Morgan fingerprint density at radius 1 is 1.27 bits per heavy atom. The van der Waals surface area contributed by atoms with Gasteiger partial charge in [0.05, 0.1) is 5.56 Å². The maximum Gasteiger partial charge on any atom is 0.336 e. The number of allylic oxidation sites excluding steroid dienone is 1. The summed E-state index contributed by atoms with van der Waals surface area (Å²) < 4.78 is 0. The van der Waals surface area contributed by atoms with Gasteiger partial charge in [-0.3, -0.25) is 0 Å². The first-order valence-electron chi connectivity index (χ1n) is 7.83. The van der Waals surface area contributed by atoms with E-state index < -0.39 is 5.97 Å². The number of carboxylic acids is 1. The molecule has 1 unspecified atom stereocenters. The molecular formula is C20H24O2. The molecule has 1 aliphatic carbocycles. The van der Waals surface area contributed by atoms with Gasteiger partial charge in [-0.2, -0.15) is 0 Å². The fraction of sp³-hybridized carbons (Fsp3) is 0.450. The lowest BCUT2D eigenvalue weighted by molar-refractivity contribution is 0.0695. The first-order valence-corrected chi connectivity index (χ1v) is 7.83. The van der Waals surface area contributed by atoms with Crippen molar-refractivity contribution in [3.05, 3.63) is 47.5 Å². The van der Waals surface area contributed by atoms with Crippen LogP contribution in [0.15, 0.2) is 30.9 Å². The predicted octanol–water partition coefficient (Wildman–Crippen LogP) is 4.78. The zero-order chi connectivity index (χ0) is 16.4. The van der Waals surface area contributed by atoms with Crippen LogP contribution in [-0.2, 0) is 5.41 Å². The summed E-state index contributed by atoms with van der Waals surface area (Å²) in [7, 11) is 0. The van der Waals surface area contributed by atoms with E-state index in [4.69, 9.17) is 0 Å². The summed E-state index contributed by atoms with van der Waals surface area (Å²) in [4.78, 5) is 11.6. The summed E-state index contributed by atoms with van der Waals surface area (Å²) in [5.41, 5.74) is 2.04. The van der Waals surface area contributed by atoms with E-state index in [0.717, 1.165) is 18.4 Å². The highest BCUT2D eigenvalue weighted by Gasteiger charge is 2.45. The molecule has 1 aliphatic rings. The van der Waals surface area contributed by atoms with Crippen LogP contribution in [0.1, 0.15) is 67.9 Å². The van der Waals surface area contributed by atoms with Crippen molar-refractivity contribution in [2.75, 3.05) is 0 Å². The van der Waals surface area contributed by atoms with E-state index >= 15 is 0 Å². The number of benzene rings is 1. The first kappa shape index (κ1) is 16.4. The molecule has 1 aromatic rings. The van der Waals surface area contributed by atoms with Gasteiger partial charge >= 0.3 is 5.97 Å². The molecule has 0 heterocycles. The number of carbonyl (C=O) groups is 1. The van der Waals surface area contributed by atoms with E-state index in [9.17, 15) is 9.90 Å². The monoisotopic (exact) mass is 296 g/mol. The second kappa shape index (κ2) is 6.01. The van der Waals surface area contributed by atoms with Crippen LogP contribution in [0.4, 0.5) is 0 Å². The van der Waals surface area contributed by atoms with Crippen LogP contribution in [0, 0.1) is 17.3 Å². The maximum absolute atomic E-state index is 11.6. The molecule has 2 rings (SSSR count). The smallest absolute Gasteiger partial charge is 0.336 e. The highest BCUT2D eigenvalue weighted by atomic mass is 16.4. The lowest BCUT2D eigenvalue weighted by Gasteiger charge is -2.49. The van der Waals surface area contributed by atoms with Crippen LogP contribution in [-0.4, -0.2) is 11.1 Å². The number of hydrogen-bond donors (Lipinski definition) is 1. The molecular weight excluding hydrogens is 272 g/mol. The fourth-order valence-electron chi connectivity index (χ4n) is 3.61. The van der Waals surface area contributed by atoms with E-state index in [1.165, 1.54) is 18.9 Å². The second-order valence-electron chi connectivity index (χ2n) is 6.93. The maximum atomic E-state index is 11.6. The quantitative estimate of drug-likeness (QED) is 0.797. The molecule has 0 aromatic heterocycles. The standard InChI is InChI=1S/C20H24O2/c1-5-6-10-15-16(18(21)22)11-9-12-17(15)20(4)14-8-7-13-19(20,2)3/h5,9,11-12H,1,7-8,13-14H2,2-4H3,(H,21,22). The summed E-state index contributed by atoms with van der Waals surface area (Å²) in [5.74, 6) is 4.94. The van der Waals surface area contributed by atoms with Crippen molar-refractivity contribution >= 4 is 5.97 Å². The topological polar surface area (TPSA) is 37.3 Å². The Kier molecular flexibility index (Phi) is 4.47. The van der Waals surface area contributed by atoms with Gasteiger partial charge in [-0.25, -0.2) is 4.79 Å². The number of aromatic carboxylic acids is 1. The molecule has 1 aromatic carbocycles. The molecule has 2 nitrogen and oxygen atoms in total. The third kappa shape index (κ3) is 2.68. The molecule has 0 spiro atoms. The van der Waals surface area contributed by atoms with Gasteiger partial charge in [-0.05, 0) is 41.4 Å². The van der Waals surface area contributed by atoms with Crippen LogP contribution in [0.5, 0.6) is 0 Å². The van der Waals surface area contributed by atoms with Gasteiger partial charge in [0.1, 0.15) is 0 Å². The van der Waals surface area contributed by atoms with Crippen LogP contribution >= 0.6 is 0 Å². The van der Waals surface area contributed by atoms with Crippen molar-refractivity contribution in [3.63, 3.8) is 0 Å². The minimum Gasteiger partial charge on any atom is -0.478 e. The van der Waals surface area contributed by atoms with Crippen molar-refractivity contribution in [1.29, 1.82) is 0 Å². The highest BCUT2D eigenvalue weighted by molar-refractivity contribution is 5.91. The Bertz CT molecular complexity index is 658. The van der Waals surface area contributed by atoms with Gasteiger partial charge in [0, 0.05) is 5.56 Å². The molecule has 0 aliphatic heterocycles. The summed E-state index contributed by atoms with van der Waals surface area (Å²) >= 11 is 0. The molecule has 1 N–H and O–H groups in total. The van der Waals surface area contributed by atoms with Gasteiger partial charge in [0.25, 0.3) is 0 Å². The number of rotatable bonds is 2. The predicted molar refractivity (Wildman–Crippen MR) is 90.1 cm³/mol. The Morgan fingerprint density at radius 2 is 1.95 bits per heavy atom. The SMILES string of the molecule is C=CC#Cc1c(C(=O)O)cccc1C1(C)CCCCC1(C)C. The van der Waals surface area contributed by atoms with Crippen LogP contribution < -0.4 is 0 Å². The molecule has 1 atom stereocenters. The molecule has 0 bridgehead atoms. The van der Waals surface area contributed by atoms with Crippen LogP contribution in [0.25, 0.3) is 0 Å². The van der Waals surface area contributed by atoms with E-state index in [2.05, 4.69) is 39.2 Å². The minimum absolute atomic E-state index is 0.0676. The van der Waals surface area contributed by atoms with E-state index in [1.54, 1.807) is 6.07 Å². The minimum atomic E-state index is -0.924. The largest absolute Gasteiger partial charge is 0.478 e. The normalized spacial score (nSPS) is 23.2. The Labute approximate surface area is 133 Å². The Balaban J connectivity index is 2.71. The van der Waals surface area contributed by atoms with Crippen molar-refractivity contribution in [2.45, 2.75) is 51.9 Å². The number of carboxylic acid groups (broad SMARTS) is 1. The van der Waals surface area contributed by atoms with E-state index in [1.807, 2.05) is 12.1 Å². The van der Waals surface area contributed by atoms with Gasteiger partial charge in [-0.1, -0.05) is 64.2 Å². The average Bonchev–Trinajstić information content (AvgIpc) is 2.47. The highest BCUT2D eigenvalue weighted by Crippen LogP contribution is 2.52. The van der Waals surface area contributed by atoms with Crippen LogP contribution in [0.3, 0.4) is 0 Å². The summed E-state index contributed by atoms with van der Waals surface area (Å²) in [6.07, 6.45) is 6.12. The lowest BCUT2D eigenvalue weighted by Crippen LogP contribution is -2.42. The van der Waals surface area contributed by atoms with Gasteiger partial charge in [-0.15, -0.1) is 0 Å². The average molecular weight is 296 g/mol. The zero-order valence-electron chi connectivity index (χ0n) is 13.7. The third-order valence-corrected chi connectivity index (χ3v) is 5.41. The molecule has 22 heavy (non-hydrogen) atoms. The first-order chi connectivity index (χ1) is 10.3.